The van der Waals surface area contributed by atoms with E-state index < -0.39 is 0 Å². The lowest BCUT2D eigenvalue weighted by molar-refractivity contribution is 0.953. The lowest BCUT2D eigenvalue weighted by atomic mass is 10.00. The molecule has 0 fully saturated rings. The van der Waals surface area contributed by atoms with Gasteiger partial charge >= 0.3 is 0 Å². The zero-order valence-electron chi connectivity index (χ0n) is 23.9. The predicted molar refractivity (Wildman–Crippen MR) is 179 cm³/mol. The molecule has 0 bridgehead atoms. The summed E-state index contributed by atoms with van der Waals surface area (Å²) in [6.45, 7) is 0. The van der Waals surface area contributed by atoms with Crippen molar-refractivity contribution in [2.75, 3.05) is 0 Å². The Kier molecular flexibility index (Phi) is 5.56. The zero-order valence-corrected chi connectivity index (χ0v) is 23.9. The molecule has 0 saturated heterocycles. The van der Waals surface area contributed by atoms with Crippen molar-refractivity contribution < 1.29 is 0 Å². The molecule has 44 heavy (non-hydrogen) atoms. The van der Waals surface area contributed by atoms with E-state index in [4.69, 9.17) is 15.0 Å². The summed E-state index contributed by atoms with van der Waals surface area (Å²) in [5, 5.41) is 3.67. The van der Waals surface area contributed by atoms with E-state index >= 15 is 0 Å². The van der Waals surface area contributed by atoms with Gasteiger partial charge in [0.15, 0.2) is 11.6 Å². The van der Waals surface area contributed by atoms with Gasteiger partial charge in [-0.05, 0) is 48.7 Å². The minimum Gasteiger partial charge on any atom is -0.309 e. The van der Waals surface area contributed by atoms with Gasteiger partial charge in [0.05, 0.1) is 16.6 Å². The molecule has 3 heterocycles. The summed E-state index contributed by atoms with van der Waals surface area (Å²) in [6, 6.07) is 44.2. The minimum atomic E-state index is 0.603. The lowest BCUT2D eigenvalue weighted by Gasteiger charge is -2.12. The monoisotopic (exact) mass is 565 g/mol. The van der Waals surface area contributed by atoms with Crippen molar-refractivity contribution in [3.05, 3.63) is 145 Å². The summed E-state index contributed by atoms with van der Waals surface area (Å²) in [6.07, 6.45) is 6.67. The summed E-state index contributed by atoms with van der Waals surface area (Å²) >= 11 is 0. The predicted octanol–water partition coefficient (Wildman–Crippen LogP) is 9.21. The van der Waals surface area contributed by atoms with Gasteiger partial charge in [0, 0.05) is 38.7 Å². The molecule has 5 heteroatoms. The smallest absolute Gasteiger partial charge is 0.238 e. The van der Waals surface area contributed by atoms with Crippen LogP contribution in [-0.4, -0.2) is 24.1 Å². The molecule has 0 aliphatic heterocycles. The normalized spacial score (nSPS) is 12.7. The van der Waals surface area contributed by atoms with Crippen LogP contribution in [0.5, 0.6) is 0 Å². The number of para-hydroxylation sites is 2. The first kappa shape index (κ1) is 24.8. The van der Waals surface area contributed by atoms with E-state index in [1.54, 1.807) is 0 Å². The molecule has 0 atom stereocenters. The van der Waals surface area contributed by atoms with Gasteiger partial charge in [-0.1, -0.05) is 109 Å². The maximum atomic E-state index is 5.12. The van der Waals surface area contributed by atoms with Crippen LogP contribution >= 0.6 is 0 Å². The average Bonchev–Trinajstić information content (AvgIpc) is 3.62. The van der Waals surface area contributed by atoms with Crippen molar-refractivity contribution >= 4 is 38.8 Å². The first-order valence-electron chi connectivity index (χ1n) is 15.0. The first-order valence-corrected chi connectivity index (χ1v) is 15.0. The number of hydrogen-bond acceptors (Lipinski definition) is 3. The van der Waals surface area contributed by atoms with E-state index in [1.165, 1.54) is 32.9 Å². The summed E-state index contributed by atoms with van der Waals surface area (Å²) in [5.74, 6) is 1.90. The van der Waals surface area contributed by atoms with Crippen LogP contribution in [0, 0.1) is 0 Å². The Bertz CT molecular complexity index is 2310. The highest BCUT2D eigenvalue weighted by Crippen LogP contribution is 2.42. The summed E-state index contributed by atoms with van der Waals surface area (Å²) in [4.78, 5) is 15.2. The maximum absolute atomic E-state index is 5.12. The molecular formula is C39H27N5. The van der Waals surface area contributed by atoms with Crippen molar-refractivity contribution in [2.24, 2.45) is 0 Å². The fourth-order valence-electron chi connectivity index (χ4n) is 6.73. The average molecular weight is 566 g/mol. The Morgan fingerprint density at radius 2 is 1.16 bits per heavy atom. The van der Waals surface area contributed by atoms with E-state index in [0.29, 0.717) is 17.6 Å². The van der Waals surface area contributed by atoms with E-state index in [9.17, 15) is 0 Å². The van der Waals surface area contributed by atoms with Gasteiger partial charge in [0.25, 0.3) is 0 Å². The Morgan fingerprint density at radius 1 is 0.523 bits per heavy atom. The number of fused-ring (bicyclic) bond motifs is 7. The molecular weight excluding hydrogens is 538 g/mol. The third kappa shape index (κ3) is 3.76. The fraction of sp³-hybridized carbons (Fsp3) is 0.0513. The van der Waals surface area contributed by atoms with Gasteiger partial charge in [-0.3, -0.25) is 4.57 Å². The van der Waals surface area contributed by atoms with E-state index in [0.717, 1.165) is 40.7 Å². The van der Waals surface area contributed by atoms with Crippen LogP contribution in [0.2, 0.25) is 0 Å². The quantitative estimate of drug-likeness (QED) is 0.214. The van der Waals surface area contributed by atoms with Crippen molar-refractivity contribution in [2.45, 2.75) is 12.8 Å². The van der Waals surface area contributed by atoms with Crippen molar-refractivity contribution in [3.8, 4) is 34.4 Å². The van der Waals surface area contributed by atoms with Crippen LogP contribution in [0.25, 0.3) is 73.2 Å². The van der Waals surface area contributed by atoms with Crippen LogP contribution in [-0.2, 0) is 6.42 Å². The second-order valence-corrected chi connectivity index (χ2v) is 11.2. The van der Waals surface area contributed by atoms with E-state index in [-0.39, 0.29) is 0 Å². The van der Waals surface area contributed by atoms with Crippen molar-refractivity contribution in [1.29, 1.82) is 0 Å². The van der Waals surface area contributed by atoms with Crippen LogP contribution < -0.4 is 0 Å². The Balaban J connectivity index is 1.41. The van der Waals surface area contributed by atoms with Crippen molar-refractivity contribution in [1.82, 2.24) is 24.1 Å². The van der Waals surface area contributed by atoms with Gasteiger partial charge in [0.1, 0.15) is 0 Å². The molecule has 5 nitrogen and oxygen atoms in total. The number of rotatable bonds is 4. The third-order valence-corrected chi connectivity index (χ3v) is 8.65. The first-order chi connectivity index (χ1) is 21.8. The maximum Gasteiger partial charge on any atom is 0.238 e. The van der Waals surface area contributed by atoms with Crippen LogP contribution in [0.15, 0.2) is 133 Å². The molecule has 0 amide bonds. The zero-order chi connectivity index (χ0) is 29.0. The van der Waals surface area contributed by atoms with E-state index in [2.05, 4.69) is 88.0 Å². The highest BCUT2D eigenvalue weighted by Gasteiger charge is 2.25. The van der Waals surface area contributed by atoms with Crippen LogP contribution in [0.4, 0.5) is 0 Å². The molecule has 208 valence electrons. The van der Waals surface area contributed by atoms with Crippen molar-refractivity contribution in [3.63, 3.8) is 0 Å². The molecule has 0 radical (unpaired) electrons. The summed E-state index contributed by atoms with van der Waals surface area (Å²) in [5.41, 5.74) is 9.09. The van der Waals surface area contributed by atoms with Crippen LogP contribution in [0.3, 0.4) is 0 Å². The number of hydrogen-bond donors (Lipinski definition) is 0. The molecule has 0 unspecified atom stereocenters. The molecule has 0 spiro atoms. The molecule has 0 saturated carbocycles. The molecule has 3 aromatic heterocycles. The molecule has 1 aliphatic rings. The third-order valence-electron chi connectivity index (χ3n) is 8.65. The number of aryl methyl sites for hydroxylation is 1. The molecule has 8 aromatic rings. The highest BCUT2D eigenvalue weighted by molar-refractivity contribution is 6.21. The molecule has 0 N–H and O–H groups in total. The van der Waals surface area contributed by atoms with Crippen LogP contribution in [0.1, 0.15) is 17.7 Å². The second-order valence-electron chi connectivity index (χ2n) is 11.2. The van der Waals surface area contributed by atoms with E-state index in [1.807, 2.05) is 60.7 Å². The SMILES string of the molecule is C1=Cc2c(c3ccc4c(c5ccccc5n4-c4nc(-c5ccccc5)nc(-c5ccccc5)n4)c3n2-c2ccccc2)CC1. The topological polar surface area (TPSA) is 48.5 Å². The second kappa shape index (κ2) is 9.89. The molecule has 9 rings (SSSR count). The van der Waals surface area contributed by atoms with Gasteiger partial charge in [-0.15, -0.1) is 0 Å². The molecule has 5 aromatic carbocycles. The van der Waals surface area contributed by atoms with Gasteiger partial charge < -0.3 is 4.57 Å². The number of benzene rings is 5. The standard InChI is InChI=1S/C39H27N5/c1-4-14-26(15-5-1)37-40-38(27-16-6-2-7-17-27)42-39(41-37)44-33-23-13-11-21-31(33)35-34(44)25-24-30-29-20-10-12-22-32(29)43(36(30)35)28-18-8-3-9-19-28/h1-9,11-19,21-25H,10,20H2. The molecule has 1 aliphatic carbocycles. The van der Waals surface area contributed by atoms with Gasteiger partial charge in [-0.25, -0.2) is 4.98 Å². The summed E-state index contributed by atoms with van der Waals surface area (Å²) in [7, 11) is 0. The highest BCUT2D eigenvalue weighted by atomic mass is 15.2. The minimum absolute atomic E-state index is 0.603. The Hall–Kier alpha value is -5.81. The summed E-state index contributed by atoms with van der Waals surface area (Å²) < 4.78 is 4.65. The largest absolute Gasteiger partial charge is 0.309 e. The van der Waals surface area contributed by atoms with Gasteiger partial charge in [-0.2, -0.15) is 9.97 Å². The Morgan fingerprint density at radius 3 is 1.86 bits per heavy atom. The lowest BCUT2D eigenvalue weighted by Crippen LogP contribution is -2.06. The van der Waals surface area contributed by atoms with Gasteiger partial charge in [0.2, 0.25) is 5.95 Å². The Labute approximate surface area is 254 Å². The number of nitrogens with zero attached hydrogens (tertiary/aromatic N) is 5. The number of allylic oxidation sites excluding steroid dienone is 1. The fourth-order valence-corrected chi connectivity index (χ4v) is 6.73. The number of aromatic nitrogens is 5.